The lowest BCUT2D eigenvalue weighted by Gasteiger charge is -2.13. The molecule has 0 fully saturated rings. The zero-order valence-electron chi connectivity index (χ0n) is 9.86. The van der Waals surface area contributed by atoms with Crippen molar-refractivity contribution in [3.8, 4) is 0 Å². The Morgan fingerprint density at radius 2 is 2.31 bits per heavy atom. The van der Waals surface area contributed by atoms with E-state index in [-0.39, 0.29) is 24.4 Å². The molecule has 92 valence electrons. The number of likely N-dealkylation sites (N-methyl/N-ethyl adjacent to an activating group) is 1. The molecule has 0 saturated heterocycles. The molecule has 0 radical (unpaired) electrons. The van der Waals surface area contributed by atoms with Crippen LogP contribution in [0.15, 0.2) is 12.4 Å². The number of rotatable bonds is 5. The maximum atomic E-state index is 11.7. The number of nitrogens with zero attached hydrogens (tertiary/aromatic N) is 2. The Bertz CT molecular complexity index is 326. The fraction of sp³-hybridized carbons (Fsp3) is 0.600. The number of aromatic nitrogens is 2. The predicted octanol–water partition coefficient (Wildman–Crippen LogP) is 0.629. The summed E-state index contributed by atoms with van der Waals surface area (Å²) in [7, 11) is 3.60. The number of aryl methyl sites for hydroxylation is 1. The molecule has 1 amide bonds. The molecule has 0 aliphatic rings. The minimum atomic E-state index is -0.315. The number of hydrogen-bond donors (Lipinski definition) is 2. The second-order valence-electron chi connectivity index (χ2n) is 3.46. The van der Waals surface area contributed by atoms with Gasteiger partial charge in [0.1, 0.15) is 6.04 Å². The van der Waals surface area contributed by atoms with Gasteiger partial charge in [0.2, 0.25) is 5.91 Å². The molecule has 1 unspecified atom stereocenters. The number of amides is 1. The Morgan fingerprint density at radius 3 is 2.75 bits per heavy atom. The standard InChI is InChI=1S/C10H18N4O.ClH/c1-4-5-12-10(15)9(11-2)8-6-13-14(3)7-8;/h6-7,9,11H,4-5H2,1-3H3,(H,12,15);1H. The highest BCUT2D eigenvalue weighted by Crippen LogP contribution is 2.10. The lowest BCUT2D eigenvalue weighted by Crippen LogP contribution is -2.36. The van der Waals surface area contributed by atoms with Gasteiger partial charge in [-0.2, -0.15) is 5.10 Å². The molecule has 1 aromatic rings. The highest BCUT2D eigenvalue weighted by molar-refractivity contribution is 5.85. The van der Waals surface area contributed by atoms with Crippen LogP contribution in [0.25, 0.3) is 0 Å². The Labute approximate surface area is 102 Å². The van der Waals surface area contributed by atoms with Gasteiger partial charge < -0.3 is 10.6 Å². The van der Waals surface area contributed by atoms with Gasteiger partial charge in [0.15, 0.2) is 0 Å². The summed E-state index contributed by atoms with van der Waals surface area (Å²) < 4.78 is 1.69. The number of nitrogens with one attached hydrogen (secondary N) is 2. The summed E-state index contributed by atoms with van der Waals surface area (Å²) in [5.74, 6) is -0.00708. The predicted molar refractivity (Wildman–Crippen MR) is 65.6 cm³/mol. The van der Waals surface area contributed by atoms with E-state index in [0.717, 1.165) is 12.0 Å². The third-order valence-corrected chi connectivity index (χ3v) is 2.16. The molecule has 1 atom stereocenters. The van der Waals surface area contributed by atoms with Crippen LogP contribution >= 0.6 is 12.4 Å². The summed E-state index contributed by atoms with van der Waals surface area (Å²) >= 11 is 0. The minimum absolute atomic E-state index is 0. The highest BCUT2D eigenvalue weighted by Gasteiger charge is 2.18. The molecule has 1 aromatic heterocycles. The van der Waals surface area contributed by atoms with Gasteiger partial charge in [-0.05, 0) is 13.5 Å². The van der Waals surface area contributed by atoms with E-state index in [1.54, 1.807) is 17.9 Å². The van der Waals surface area contributed by atoms with Crippen LogP contribution in [0.3, 0.4) is 0 Å². The van der Waals surface area contributed by atoms with Gasteiger partial charge in [0.25, 0.3) is 0 Å². The lowest BCUT2D eigenvalue weighted by atomic mass is 10.1. The van der Waals surface area contributed by atoms with E-state index in [1.165, 1.54) is 0 Å². The fourth-order valence-corrected chi connectivity index (χ4v) is 1.39. The Kier molecular flexibility index (Phi) is 6.76. The van der Waals surface area contributed by atoms with Crippen molar-refractivity contribution in [3.63, 3.8) is 0 Å². The van der Waals surface area contributed by atoms with Crippen molar-refractivity contribution in [2.45, 2.75) is 19.4 Å². The van der Waals surface area contributed by atoms with Crippen LogP contribution in [0.4, 0.5) is 0 Å². The molecule has 0 bridgehead atoms. The zero-order valence-corrected chi connectivity index (χ0v) is 10.7. The molecule has 1 heterocycles. The van der Waals surface area contributed by atoms with Crippen molar-refractivity contribution < 1.29 is 4.79 Å². The molecular formula is C10H19ClN4O. The third-order valence-electron chi connectivity index (χ3n) is 2.16. The van der Waals surface area contributed by atoms with Crippen molar-refractivity contribution in [3.05, 3.63) is 18.0 Å². The van der Waals surface area contributed by atoms with Crippen molar-refractivity contribution in [1.29, 1.82) is 0 Å². The van der Waals surface area contributed by atoms with Crippen LogP contribution in [-0.2, 0) is 11.8 Å². The van der Waals surface area contributed by atoms with Gasteiger partial charge in [-0.1, -0.05) is 6.92 Å². The summed E-state index contributed by atoms with van der Waals surface area (Å²) in [6.45, 7) is 2.73. The number of hydrogen-bond acceptors (Lipinski definition) is 3. The van der Waals surface area contributed by atoms with Crippen LogP contribution in [0, 0.1) is 0 Å². The SMILES string of the molecule is CCCNC(=O)C(NC)c1cnn(C)c1.Cl. The Balaban J connectivity index is 0.00000225. The van der Waals surface area contributed by atoms with Gasteiger partial charge >= 0.3 is 0 Å². The van der Waals surface area contributed by atoms with Crippen LogP contribution in [-0.4, -0.2) is 29.3 Å². The topological polar surface area (TPSA) is 59.0 Å². The first-order valence-corrected chi connectivity index (χ1v) is 5.12. The summed E-state index contributed by atoms with van der Waals surface area (Å²) in [5, 5.41) is 9.87. The zero-order chi connectivity index (χ0) is 11.3. The Morgan fingerprint density at radius 1 is 1.62 bits per heavy atom. The normalized spacial score (nSPS) is 11.7. The van der Waals surface area contributed by atoms with E-state index in [0.29, 0.717) is 6.54 Å². The molecule has 1 rings (SSSR count). The molecule has 2 N–H and O–H groups in total. The average Bonchev–Trinajstić information content (AvgIpc) is 2.63. The van der Waals surface area contributed by atoms with E-state index in [9.17, 15) is 4.79 Å². The molecule has 16 heavy (non-hydrogen) atoms. The monoisotopic (exact) mass is 246 g/mol. The molecule has 5 nitrogen and oxygen atoms in total. The van der Waals surface area contributed by atoms with Crippen molar-refractivity contribution in [2.75, 3.05) is 13.6 Å². The summed E-state index contributed by atoms with van der Waals surface area (Å²) in [4.78, 5) is 11.7. The second kappa shape index (κ2) is 7.24. The summed E-state index contributed by atoms with van der Waals surface area (Å²) in [6.07, 6.45) is 4.48. The van der Waals surface area contributed by atoms with Gasteiger partial charge in [0.05, 0.1) is 6.20 Å². The fourth-order valence-electron chi connectivity index (χ4n) is 1.39. The van der Waals surface area contributed by atoms with E-state index in [1.807, 2.05) is 20.2 Å². The Hall–Kier alpha value is -1.07. The summed E-state index contributed by atoms with van der Waals surface area (Å²) in [5.41, 5.74) is 0.883. The number of carbonyl (C=O) groups is 1. The van der Waals surface area contributed by atoms with Crippen LogP contribution in [0.1, 0.15) is 24.9 Å². The van der Waals surface area contributed by atoms with Crippen molar-refractivity contribution in [2.24, 2.45) is 7.05 Å². The van der Waals surface area contributed by atoms with Crippen LogP contribution < -0.4 is 10.6 Å². The quantitative estimate of drug-likeness (QED) is 0.801. The van der Waals surface area contributed by atoms with Crippen molar-refractivity contribution in [1.82, 2.24) is 20.4 Å². The van der Waals surface area contributed by atoms with Crippen molar-refractivity contribution >= 4 is 18.3 Å². The largest absolute Gasteiger partial charge is 0.354 e. The molecule has 0 saturated carbocycles. The minimum Gasteiger partial charge on any atom is -0.354 e. The maximum Gasteiger partial charge on any atom is 0.241 e. The van der Waals surface area contributed by atoms with Crippen LogP contribution in [0.5, 0.6) is 0 Å². The summed E-state index contributed by atoms with van der Waals surface area (Å²) in [6, 6.07) is -0.315. The van der Waals surface area contributed by atoms with Gasteiger partial charge in [-0.15, -0.1) is 12.4 Å². The molecule has 0 aliphatic heterocycles. The van der Waals surface area contributed by atoms with Crippen LogP contribution in [0.2, 0.25) is 0 Å². The smallest absolute Gasteiger partial charge is 0.241 e. The van der Waals surface area contributed by atoms with E-state index in [4.69, 9.17) is 0 Å². The highest BCUT2D eigenvalue weighted by atomic mass is 35.5. The van der Waals surface area contributed by atoms with E-state index in [2.05, 4.69) is 15.7 Å². The molecular weight excluding hydrogens is 228 g/mol. The first-order chi connectivity index (χ1) is 7.19. The van der Waals surface area contributed by atoms with E-state index >= 15 is 0 Å². The average molecular weight is 247 g/mol. The first kappa shape index (κ1) is 14.9. The molecule has 0 spiro atoms. The first-order valence-electron chi connectivity index (χ1n) is 5.12. The maximum absolute atomic E-state index is 11.7. The van der Waals surface area contributed by atoms with Gasteiger partial charge in [-0.3, -0.25) is 9.48 Å². The van der Waals surface area contributed by atoms with Gasteiger partial charge in [-0.25, -0.2) is 0 Å². The second-order valence-corrected chi connectivity index (χ2v) is 3.46. The molecule has 0 aliphatic carbocycles. The lowest BCUT2D eigenvalue weighted by molar-refractivity contribution is -0.123. The van der Waals surface area contributed by atoms with Gasteiger partial charge in [0, 0.05) is 25.4 Å². The van der Waals surface area contributed by atoms with E-state index < -0.39 is 0 Å². The molecule has 6 heteroatoms. The third kappa shape index (κ3) is 3.83. The number of carbonyl (C=O) groups excluding carboxylic acids is 1. The number of halogens is 1. The molecule has 0 aromatic carbocycles.